The Morgan fingerprint density at radius 3 is 2.65 bits per heavy atom. The number of oxazole rings is 1. The second kappa shape index (κ2) is 8.69. The van der Waals surface area contributed by atoms with E-state index in [1.54, 1.807) is 0 Å². The third-order valence-corrected chi connectivity index (χ3v) is 5.62. The molecule has 8 nitrogen and oxygen atoms in total. The fraction of sp³-hybridized carbons (Fsp3) is 0.304. The highest BCUT2D eigenvalue weighted by Gasteiger charge is 2.22. The molecule has 1 fully saturated rings. The zero-order valence-electron chi connectivity index (χ0n) is 17.4. The predicted molar refractivity (Wildman–Crippen MR) is 115 cm³/mol. The number of likely N-dealkylation sites (tertiary alicyclic amines) is 1. The minimum atomic E-state index is 0.208. The Morgan fingerprint density at radius 2 is 1.90 bits per heavy atom. The molecule has 158 valence electrons. The molecule has 1 saturated heterocycles. The molecule has 0 spiro atoms. The quantitative estimate of drug-likeness (QED) is 0.510. The van der Waals surface area contributed by atoms with Gasteiger partial charge in [0.2, 0.25) is 11.7 Å². The van der Waals surface area contributed by atoms with Crippen LogP contribution in [0.5, 0.6) is 5.75 Å². The van der Waals surface area contributed by atoms with Crippen LogP contribution < -0.4 is 4.74 Å². The zero-order chi connectivity index (χ0) is 21.0. The predicted octanol–water partition coefficient (Wildman–Crippen LogP) is 3.87. The summed E-state index contributed by atoms with van der Waals surface area (Å²) < 4.78 is 12.2. The number of aromatic nitrogens is 5. The van der Waals surface area contributed by atoms with Crippen molar-refractivity contribution in [3.63, 3.8) is 0 Å². The summed E-state index contributed by atoms with van der Waals surface area (Å²) in [6.45, 7) is 4.71. The van der Waals surface area contributed by atoms with Gasteiger partial charge in [0.25, 0.3) is 0 Å². The van der Waals surface area contributed by atoms with Crippen LogP contribution in [0.25, 0.3) is 22.7 Å². The van der Waals surface area contributed by atoms with E-state index in [2.05, 4.69) is 49.6 Å². The van der Waals surface area contributed by atoms with E-state index in [-0.39, 0.29) is 6.10 Å². The Labute approximate surface area is 180 Å². The lowest BCUT2D eigenvalue weighted by Crippen LogP contribution is -2.37. The highest BCUT2D eigenvalue weighted by Crippen LogP contribution is 2.26. The van der Waals surface area contributed by atoms with Crippen molar-refractivity contribution < 1.29 is 9.15 Å². The molecule has 5 rings (SSSR count). The number of hydrogen-bond donors (Lipinski definition) is 1. The summed E-state index contributed by atoms with van der Waals surface area (Å²) in [7, 11) is 0. The SMILES string of the molecule is Cc1ccccc1-c1cnc(CN2CCC(Oc3ccc(-c4nn[nH]n4)cc3)CC2)o1. The van der Waals surface area contributed by atoms with Gasteiger partial charge in [-0.1, -0.05) is 24.3 Å². The molecule has 1 N–H and O–H groups in total. The first kappa shape index (κ1) is 19.4. The summed E-state index contributed by atoms with van der Waals surface area (Å²) in [6.07, 6.45) is 3.97. The maximum absolute atomic E-state index is 6.17. The van der Waals surface area contributed by atoms with Crippen LogP contribution in [0.4, 0.5) is 0 Å². The molecule has 0 saturated carbocycles. The van der Waals surface area contributed by atoms with E-state index >= 15 is 0 Å². The molecule has 0 bridgehead atoms. The molecule has 8 heteroatoms. The summed E-state index contributed by atoms with van der Waals surface area (Å²) in [5.74, 6) is 3.03. The number of piperidine rings is 1. The van der Waals surface area contributed by atoms with Gasteiger partial charge in [0.1, 0.15) is 11.9 Å². The highest BCUT2D eigenvalue weighted by molar-refractivity contribution is 5.60. The smallest absolute Gasteiger partial charge is 0.209 e. The second-order valence-electron chi connectivity index (χ2n) is 7.79. The first-order chi connectivity index (χ1) is 15.2. The summed E-state index contributed by atoms with van der Waals surface area (Å²) in [4.78, 5) is 6.86. The maximum atomic E-state index is 6.17. The minimum Gasteiger partial charge on any atom is -0.490 e. The molecule has 3 heterocycles. The number of ether oxygens (including phenoxy) is 1. The summed E-state index contributed by atoms with van der Waals surface area (Å²) >= 11 is 0. The van der Waals surface area contributed by atoms with E-state index < -0.39 is 0 Å². The number of rotatable bonds is 6. The number of aromatic amines is 1. The van der Waals surface area contributed by atoms with E-state index in [0.29, 0.717) is 5.82 Å². The number of hydrogen-bond acceptors (Lipinski definition) is 7. The van der Waals surface area contributed by atoms with Crippen molar-refractivity contribution in [2.24, 2.45) is 0 Å². The van der Waals surface area contributed by atoms with Crippen molar-refractivity contribution in [3.05, 3.63) is 66.2 Å². The van der Waals surface area contributed by atoms with Gasteiger partial charge in [-0.3, -0.25) is 4.90 Å². The lowest BCUT2D eigenvalue weighted by atomic mass is 10.1. The van der Waals surface area contributed by atoms with Crippen LogP contribution in [-0.2, 0) is 6.54 Å². The van der Waals surface area contributed by atoms with Gasteiger partial charge < -0.3 is 9.15 Å². The Hall–Kier alpha value is -3.52. The summed E-state index contributed by atoms with van der Waals surface area (Å²) in [5.41, 5.74) is 3.19. The number of tetrazole rings is 1. The number of benzene rings is 2. The van der Waals surface area contributed by atoms with Gasteiger partial charge in [0.15, 0.2) is 5.76 Å². The first-order valence-electron chi connectivity index (χ1n) is 10.5. The number of aryl methyl sites for hydroxylation is 1. The topological polar surface area (TPSA) is 93.0 Å². The fourth-order valence-electron chi connectivity index (χ4n) is 3.89. The van der Waals surface area contributed by atoms with Gasteiger partial charge in [-0.25, -0.2) is 4.98 Å². The molecule has 2 aromatic heterocycles. The fourth-order valence-corrected chi connectivity index (χ4v) is 3.89. The molecule has 4 aromatic rings. The Morgan fingerprint density at radius 1 is 1.10 bits per heavy atom. The van der Waals surface area contributed by atoms with Gasteiger partial charge in [0.05, 0.1) is 12.7 Å². The average molecular weight is 416 g/mol. The molecular weight excluding hydrogens is 392 g/mol. The van der Waals surface area contributed by atoms with Gasteiger partial charge in [-0.15, -0.1) is 10.2 Å². The minimum absolute atomic E-state index is 0.208. The van der Waals surface area contributed by atoms with Crippen molar-refractivity contribution in [2.75, 3.05) is 13.1 Å². The molecule has 1 aliphatic heterocycles. The van der Waals surface area contributed by atoms with E-state index in [1.807, 2.05) is 42.6 Å². The monoisotopic (exact) mass is 416 g/mol. The Bertz CT molecular complexity index is 1120. The van der Waals surface area contributed by atoms with Gasteiger partial charge in [-0.05, 0) is 54.8 Å². The van der Waals surface area contributed by atoms with Crippen molar-refractivity contribution in [1.82, 2.24) is 30.5 Å². The summed E-state index contributed by atoms with van der Waals surface area (Å²) in [5, 5.41) is 14.0. The lowest BCUT2D eigenvalue weighted by Gasteiger charge is -2.31. The number of nitrogens with zero attached hydrogens (tertiary/aromatic N) is 5. The van der Waals surface area contributed by atoms with E-state index in [1.165, 1.54) is 5.56 Å². The third kappa shape index (κ3) is 4.49. The van der Waals surface area contributed by atoms with Gasteiger partial charge in [-0.2, -0.15) is 5.21 Å². The number of H-pyrrole nitrogens is 1. The van der Waals surface area contributed by atoms with Crippen LogP contribution in [0.3, 0.4) is 0 Å². The molecule has 0 aliphatic carbocycles. The Kier molecular flexibility index (Phi) is 5.45. The molecule has 0 radical (unpaired) electrons. The standard InChI is InChI=1S/C23H24N6O2/c1-16-4-2-3-5-20(16)21-14-24-22(31-21)15-29-12-10-19(11-13-29)30-18-8-6-17(7-9-18)23-25-27-28-26-23/h2-9,14,19H,10-13,15H2,1H3,(H,25,26,27,28). The van der Waals surface area contributed by atoms with Gasteiger partial charge in [0, 0.05) is 24.2 Å². The van der Waals surface area contributed by atoms with E-state index in [9.17, 15) is 0 Å². The number of nitrogens with one attached hydrogen (secondary N) is 1. The van der Waals surface area contributed by atoms with Gasteiger partial charge >= 0.3 is 0 Å². The lowest BCUT2D eigenvalue weighted by molar-refractivity contribution is 0.0920. The first-order valence-corrected chi connectivity index (χ1v) is 10.5. The van der Waals surface area contributed by atoms with Crippen molar-refractivity contribution in [1.29, 1.82) is 0 Å². The zero-order valence-corrected chi connectivity index (χ0v) is 17.4. The molecular formula is C23H24N6O2. The molecule has 2 aromatic carbocycles. The molecule has 0 atom stereocenters. The largest absolute Gasteiger partial charge is 0.490 e. The second-order valence-corrected chi connectivity index (χ2v) is 7.79. The van der Waals surface area contributed by atoms with E-state index in [4.69, 9.17) is 9.15 Å². The van der Waals surface area contributed by atoms with Crippen molar-refractivity contribution in [2.45, 2.75) is 32.4 Å². The average Bonchev–Trinajstić information content (AvgIpc) is 3.49. The van der Waals surface area contributed by atoms with Crippen LogP contribution >= 0.6 is 0 Å². The molecule has 1 aliphatic rings. The molecule has 0 amide bonds. The van der Waals surface area contributed by atoms with Crippen LogP contribution in [-0.4, -0.2) is 49.7 Å². The normalized spacial score (nSPS) is 15.3. The van der Waals surface area contributed by atoms with E-state index in [0.717, 1.165) is 61.0 Å². The molecule has 0 unspecified atom stereocenters. The van der Waals surface area contributed by atoms with Crippen LogP contribution in [0.1, 0.15) is 24.3 Å². The van der Waals surface area contributed by atoms with Crippen molar-refractivity contribution >= 4 is 0 Å². The maximum Gasteiger partial charge on any atom is 0.209 e. The Balaban J connectivity index is 1.13. The third-order valence-electron chi connectivity index (χ3n) is 5.62. The van der Waals surface area contributed by atoms with Crippen molar-refractivity contribution in [3.8, 4) is 28.5 Å². The van der Waals surface area contributed by atoms with Crippen LogP contribution in [0, 0.1) is 6.92 Å². The van der Waals surface area contributed by atoms with Crippen LogP contribution in [0.2, 0.25) is 0 Å². The summed E-state index contributed by atoms with van der Waals surface area (Å²) in [6, 6.07) is 16.0. The molecule has 31 heavy (non-hydrogen) atoms. The highest BCUT2D eigenvalue weighted by atomic mass is 16.5. The van der Waals surface area contributed by atoms with Crippen LogP contribution in [0.15, 0.2) is 59.1 Å².